The Bertz CT molecular complexity index is 2230. The summed E-state index contributed by atoms with van der Waals surface area (Å²) >= 11 is 0. The van der Waals surface area contributed by atoms with E-state index >= 15 is 0 Å². The number of rotatable bonds is 12. The molecular formula is C34H28N8O6S2. The van der Waals surface area contributed by atoms with E-state index in [2.05, 4.69) is 41.2 Å². The molecule has 50 heavy (non-hydrogen) atoms. The van der Waals surface area contributed by atoms with E-state index in [0.717, 1.165) is 11.4 Å². The maximum Gasteiger partial charge on any atom is 0.295 e. The molecule has 0 unspecified atom stereocenters. The molecule has 0 saturated heterocycles. The lowest BCUT2D eigenvalue weighted by molar-refractivity contribution is 0.480. The quantitative estimate of drug-likeness (QED) is 0.0564. The Balaban J connectivity index is 1.23. The normalized spacial score (nSPS) is 11.6. The number of aromatic nitrogens is 4. The minimum absolute atomic E-state index is 0.0510. The molecule has 0 radical (unpaired) electrons. The predicted octanol–water partition coefficient (Wildman–Crippen LogP) is 6.90. The monoisotopic (exact) mass is 708 g/mol. The predicted molar refractivity (Wildman–Crippen MR) is 192 cm³/mol. The summed E-state index contributed by atoms with van der Waals surface area (Å²) < 4.78 is 69.7. The van der Waals surface area contributed by atoms with Gasteiger partial charge in [-0.3, -0.25) is 9.11 Å². The SMILES string of the molecule is O=S(=O)(O)c1cc(Nc2cc(Nc3ccccc3)ncn2)ccc1C=Cc1ccc(Nc2cc(Nc3ccccc3)ncn2)cc1S(=O)(=O)O. The summed E-state index contributed by atoms with van der Waals surface area (Å²) in [5, 5.41) is 12.3. The summed E-state index contributed by atoms with van der Waals surface area (Å²) in [5.41, 5.74) is 2.30. The number of para-hydroxylation sites is 2. The van der Waals surface area contributed by atoms with E-state index in [1.54, 1.807) is 24.3 Å². The van der Waals surface area contributed by atoms with Crippen LogP contribution in [0.25, 0.3) is 12.2 Å². The second-order valence-corrected chi connectivity index (χ2v) is 13.4. The van der Waals surface area contributed by atoms with Gasteiger partial charge in [0.25, 0.3) is 20.2 Å². The maximum atomic E-state index is 12.4. The summed E-state index contributed by atoms with van der Waals surface area (Å²) in [6, 6.07) is 30.3. The average Bonchev–Trinajstić information content (AvgIpc) is 3.08. The molecule has 0 fully saturated rings. The largest absolute Gasteiger partial charge is 0.340 e. The number of hydrogen-bond acceptors (Lipinski definition) is 12. The first-order valence-electron chi connectivity index (χ1n) is 14.7. The molecule has 0 aliphatic heterocycles. The lowest BCUT2D eigenvalue weighted by Crippen LogP contribution is -2.04. The third kappa shape index (κ3) is 8.82. The number of hydrogen-bond donors (Lipinski definition) is 6. The Labute approximate surface area is 287 Å². The highest BCUT2D eigenvalue weighted by molar-refractivity contribution is 7.86. The Kier molecular flexibility index (Phi) is 9.77. The van der Waals surface area contributed by atoms with Crippen LogP contribution in [0, 0.1) is 0 Å². The molecule has 0 aliphatic rings. The number of nitrogens with zero attached hydrogens (tertiary/aromatic N) is 4. The van der Waals surface area contributed by atoms with Gasteiger partial charge in [-0.2, -0.15) is 16.8 Å². The minimum Gasteiger partial charge on any atom is -0.340 e. The summed E-state index contributed by atoms with van der Waals surface area (Å²) in [6.45, 7) is 0. The maximum absolute atomic E-state index is 12.4. The molecule has 252 valence electrons. The highest BCUT2D eigenvalue weighted by atomic mass is 32.2. The van der Waals surface area contributed by atoms with Gasteiger partial charge < -0.3 is 21.3 Å². The number of anilines is 8. The van der Waals surface area contributed by atoms with E-state index in [1.807, 2.05) is 60.7 Å². The second kappa shape index (κ2) is 14.5. The molecule has 0 bridgehead atoms. The van der Waals surface area contributed by atoms with Crippen LogP contribution in [-0.2, 0) is 20.2 Å². The molecule has 14 nitrogen and oxygen atoms in total. The third-order valence-corrected chi connectivity index (χ3v) is 8.82. The molecule has 6 rings (SSSR count). The van der Waals surface area contributed by atoms with Crippen molar-refractivity contribution >= 4 is 78.4 Å². The number of benzene rings is 4. The lowest BCUT2D eigenvalue weighted by atomic mass is 10.1. The molecular weight excluding hydrogens is 681 g/mol. The Morgan fingerprint density at radius 3 is 1.12 bits per heavy atom. The zero-order valence-electron chi connectivity index (χ0n) is 25.8. The molecule has 0 saturated carbocycles. The zero-order valence-corrected chi connectivity index (χ0v) is 27.5. The molecule has 4 aromatic carbocycles. The first-order chi connectivity index (χ1) is 24.0. The van der Waals surface area contributed by atoms with Crippen LogP contribution in [0.2, 0.25) is 0 Å². The smallest absolute Gasteiger partial charge is 0.295 e. The van der Waals surface area contributed by atoms with Gasteiger partial charge in [0, 0.05) is 34.9 Å². The molecule has 2 heterocycles. The molecule has 0 amide bonds. The van der Waals surface area contributed by atoms with Gasteiger partial charge in [0.1, 0.15) is 45.7 Å². The fourth-order valence-electron chi connectivity index (χ4n) is 4.75. The third-order valence-electron chi connectivity index (χ3n) is 7.00. The van der Waals surface area contributed by atoms with Crippen LogP contribution >= 0.6 is 0 Å². The van der Waals surface area contributed by atoms with Gasteiger partial charge in [-0.25, -0.2) is 19.9 Å². The fraction of sp³-hybridized carbons (Fsp3) is 0. The van der Waals surface area contributed by atoms with E-state index in [9.17, 15) is 25.9 Å². The van der Waals surface area contributed by atoms with Crippen molar-refractivity contribution in [2.75, 3.05) is 21.3 Å². The summed E-state index contributed by atoms with van der Waals surface area (Å²) in [6.07, 6.45) is 5.27. The van der Waals surface area contributed by atoms with Crippen molar-refractivity contribution in [2.45, 2.75) is 9.79 Å². The highest BCUT2D eigenvalue weighted by Gasteiger charge is 2.18. The fourth-order valence-corrected chi connectivity index (χ4v) is 6.17. The molecule has 6 N–H and O–H groups in total. The van der Waals surface area contributed by atoms with Crippen molar-refractivity contribution in [2.24, 2.45) is 0 Å². The van der Waals surface area contributed by atoms with E-state index in [1.165, 1.54) is 49.1 Å². The van der Waals surface area contributed by atoms with E-state index in [-0.39, 0.29) is 11.1 Å². The molecule has 2 aromatic heterocycles. The van der Waals surface area contributed by atoms with Crippen molar-refractivity contribution < 1.29 is 25.9 Å². The first-order valence-corrected chi connectivity index (χ1v) is 17.6. The van der Waals surface area contributed by atoms with Gasteiger partial charge in [-0.05, 0) is 59.7 Å². The Morgan fingerprint density at radius 1 is 0.440 bits per heavy atom. The van der Waals surface area contributed by atoms with Gasteiger partial charge in [-0.1, -0.05) is 60.7 Å². The molecule has 0 atom stereocenters. The van der Waals surface area contributed by atoms with Gasteiger partial charge >= 0.3 is 0 Å². The minimum atomic E-state index is -4.74. The molecule has 0 aliphatic carbocycles. The van der Waals surface area contributed by atoms with Crippen molar-refractivity contribution in [3.63, 3.8) is 0 Å². The number of nitrogens with one attached hydrogen (secondary N) is 4. The topological polar surface area (TPSA) is 208 Å². The van der Waals surface area contributed by atoms with Crippen molar-refractivity contribution in [3.05, 3.63) is 133 Å². The van der Waals surface area contributed by atoms with Crippen LogP contribution < -0.4 is 21.3 Å². The van der Waals surface area contributed by atoms with Crippen LogP contribution in [0.1, 0.15) is 11.1 Å². The summed E-state index contributed by atoms with van der Waals surface area (Å²) in [5.74, 6) is 1.67. The van der Waals surface area contributed by atoms with Gasteiger partial charge in [-0.15, -0.1) is 0 Å². The van der Waals surface area contributed by atoms with Crippen molar-refractivity contribution in [1.82, 2.24) is 19.9 Å². The van der Waals surface area contributed by atoms with Crippen LogP contribution in [0.5, 0.6) is 0 Å². The molecule has 0 spiro atoms. The summed E-state index contributed by atoms with van der Waals surface area (Å²) in [7, 11) is -9.47. The lowest BCUT2D eigenvalue weighted by Gasteiger charge is -2.12. The second-order valence-electron chi connectivity index (χ2n) is 10.6. The van der Waals surface area contributed by atoms with E-state index < -0.39 is 30.0 Å². The van der Waals surface area contributed by atoms with Crippen LogP contribution in [0.15, 0.2) is 132 Å². The van der Waals surface area contributed by atoms with Crippen molar-refractivity contribution in [1.29, 1.82) is 0 Å². The highest BCUT2D eigenvalue weighted by Crippen LogP contribution is 2.29. The van der Waals surface area contributed by atoms with Gasteiger partial charge in [0.05, 0.1) is 0 Å². The van der Waals surface area contributed by atoms with E-state index in [0.29, 0.717) is 34.6 Å². The molecule has 16 heteroatoms. The standard InChI is InChI=1S/C34H28N8O6S2/c43-49(44,45)29-17-27(41-33-19-31(35-21-37-33)39-25-7-3-1-4-8-25)15-13-23(29)11-12-24-14-16-28(18-30(24)50(46,47)48)42-34-20-32(36-22-38-34)40-26-9-5-2-6-10-26/h1-22H,(H,43,44,45)(H,46,47,48)(H2,35,37,39,41)(H2,36,38,40,42). The summed E-state index contributed by atoms with van der Waals surface area (Å²) in [4.78, 5) is 15.8. The van der Waals surface area contributed by atoms with Crippen molar-refractivity contribution in [3.8, 4) is 0 Å². The Morgan fingerprint density at radius 2 is 0.780 bits per heavy atom. The zero-order chi connectivity index (χ0) is 35.1. The van der Waals surface area contributed by atoms with Crippen LogP contribution in [0.4, 0.5) is 46.0 Å². The first kappa shape index (κ1) is 33.7. The van der Waals surface area contributed by atoms with E-state index in [4.69, 9.17) is 0 Å². The van der Waals surface area contributed by atoms with Crippen LogP contribution in [0.3, 0.4) is 0 Å². The Hall–Kier alpha value is -6.20. The van der Waals surface area contributed by atoms with Gasteiger partial charge in [0.15, 0.2) is 0 Å². The average molecular weight is 709 g/mol. The molecule has 6 aromatic rings. The van der Waals surface area contributed by atoms with Crippen LogP contribution in [-0.4, -0.2) is 45.9 Å². The van der Waals surface area contributed by atoms with Gasteiger partial charge in [0.2, 0.25) is 0 Å².